The fraction of sp³-hybridized carbons (Fsp3) is 0.632. The van der Waals surface area contributed by atoms with Gasteiger partial charge in [0.25, 0.3) is 0 Å². The van der Waals surface area contributed by atoms with Crippen LogP contribution >= 0.6 is 0 Å². The number of nitrogens with one attached hydrogen (secondary N) is 2. The van der Waals surface area contributed by atoms with Crippen molar-refractivity contribution >= 4 is 5.96 Å². The lowest BCUT2D eigenvalue weighted by Crippen LogP contribution is -2.42. The van der Waals surface area contributed by atoms with E-state index < -0.39 is 0 Å². The van der Waals surface area contributed by atoms with Gasteiger partial charge in [0.1, 0.15) is 11.5 Å². The number of methoxy groups -OCH3 is 2. The quantitative estimate of drug-likeness (QED) is 0.502. The van der Waals surface area contributed by atoms with E-state index in [2.05, 4.69) is 34.4 Å². The summed E-state index contributed by atoms with van der Waals surface area (Å²) in [6.07, 6.45) is 2.69. The summed E-state index contributed by atoms with van der Waals surface area (Å²) in [5, 5.41) is 6.73. The topological polar surface area (TPSA) is 58.1 Å². The van der Waals surface area contributed by atoms with Crippen LogP contribution in [0.4, 0.5) is 0 Å². The molecule has 0 amide bonds. The van der Waals surface area contributed by atoms with E-state index in [4.69, 9.17) is 9.47 Å². The van der Waals surface area contributed by atoms with E-state index in [1.165, 1.54) is 12.8 Å². The average molecular weight is 348 g/mol. The number of benzene rings is 1. The molecule has 0 saturated heterocycles. The van der Waals surface area contributed by atoms with E-state index >= 15 is 0 Å². The summed E-state index contributed by atoms with van der Waals surface area (Å²) in [5.41, 5.74) is 1.04. The van der Waals surface area contributed by atoms with Gasteiger partial charge in [-0.15, -0.1) is 0 Å². The van der Waals surface area contributed by atoms with E-state index in [0.29, 0.717) is 6.54 Å². The largest absolute Gasteiger partial charge is 0.497 e. The summed E-state index contributed by atoms with van der Waals surface area (Å²) in [6.45, 7) is 8.77. The molecule has 25 heavy (non-hydrogen) atoms. The maximum atomic E-state index is 5.44. The van der Waals surface area contributed by atoms with Crippen LogP contribution in [0.2, 0.25) is 0 Å². The van der Waals surface area contributed by atoms with Crippen molar-refractivity contribution in [2.75, 3.05) is 40.4 Å². The van der Waals surface area contributed by atoms with Gasteiger partial charge < -0.3 is 20.1 Å². The van der Waals surface area contributed by atoms with Crippen molar-refractivity contribution in [3.8, 4) is 11.5 Å². The minimum atomic E-state index is 0.558. The van der Waals surface area contributed by atoms with Gasteiger partial charge in [0.2, 0.25) is 0 Å². The maximum absolute atomic E-state index is 5.44. The highest BCUT2D eigenvalue weighted by Crippen LogP contribution is 2.26. The van der Waals surface area contributed by atoms with Crippen molar-refractivity contribution in [2.24, 2.45) is 4.99 Å². The lowest BCUT2D eigenvalue weighted by Gasteiger charge is -2.20. The van der Waals surface area contributed by atoms with Gasteiger partial charge in [-0.05, 0) is 38.4 Å². The molecule has 0 unspecified atom stereocenters. The average Bonchev–Trinajstić information content (AvgIpc) is 3.48. The number of aliphatic imine (C=N–C) groups is 1. The van der Waals surface area contributed by atoms with Gasteiger partial charge in [0, 0.05) is 37.3 Å². The molecular formula is C19H32N4O2. The van der Waals surface area contributed by atoms with E-state index in [-0.39, 0.29) is 0 Å². The molecule has 2 N–H and O–H groups in total. The normalized spacial score (nSPS) is 14.5. The predicted molar refractivity (Wildman–Crippen MR) is 103 cm³/mol. The Labute approximate surface area is 151 Å². The number of rotatable bonds is 10. The van der Waals surface area contributed by atoms with Gasteiger partial charge in [-0.3, -0.25) is 4.90 Å². The van der Waals surface area contributed by atoms with Crippen LogP contribution in [-0.4, -0.2) is 57.3 Å². The molecule has 1 fully saturated rings. The Morgan fingerprint density at radius 2 is 2.00 bits per heavy atom. The Morgan fingerprint density at radius 3 is 2.60 bits per heavy atom. The molecule has 0 heterocycles. The maximum Gasteiger partial charge on any atom is 0.191 e. The van der Waals surface area contributed by atoms with Crippen LogP contribution in [-0.2, 0) is 6.54 Å². The zero-order valence-corrected chi connectivity index (χ0v) is 16.0. The fourth-order valence-electron chi connectivity index (χ4n) is 2.84. The lowest BCUT2D eigenvalue weighted by atomic mass is 10.2. The minimum Gasteiger partial charge on any atom is -0.497 e. The zero-order chi connectivity index (χ0) is 18.1. The smallest absolute Gasteiger partial charge is 0.191 e. The van der Waals surface area contributed by atoms with E-state index in [0.717, 1.165) is 55.2 Å². The number of ether oxygens (including phenoxy) is 2. The number of guanidine groups is 1. The van der Waals surface area contributed by atoms with Crippen LogP contribution in [0.15, 0.2) is 23.2 Å². The number of nitrogens with zero attached hydrogens (tertiary/aromatic N) is 2. The van der Waals surface area contributed by atoms with Crippen molar-refractivity contribution in [1.82, 2.24) is 15.5 Å². The molecular weight excluding hydrogens is 316 g/mol. The van der Waals surface area contributed by atoms with Crippen LogP contribution < -0.4 is 20.1 Å². The zero-order valence-electron chi connectivity index (χ0n) is 16.0. The van der Waals surface area contributed by atoms with E-state index in [1.807, 2.05) is 18.2 Å². The standard InChI is InChI=1S/C19H32N4O2/c1-5-20-19(21-11-12-23(6-2)16-8-9-16)22-14-15-7-10-17(24-3)13-18(15)25-4/h7,10,13,16H,5-6,8-9,11-12,14H2,1-4H3,(H2,20,21,22). The summed E-state index contributed by atoms with van der Waals surface area (Å²) in [7, 11) is 3.32. The molecule has 0 atom stereocenters. The number of hydrogen-bond donors (Lipinski definition) is 2. The van der Waals surface area contributed by atoms with E-state index in [1.54, 1.807) is 14.2 Å². The van der Waals surface area contributed by atoms with Crippen LogP contribution in [0.3, 0.4) is 0 Å². The Hall–Kier alpha value is -1.95. The van der Waals surface area contributed by atoms with E-state index in [9.17, 15) is 0 Å². The number of hydrogen-bond acceptors (Lipinski definition) is 4. The van der Waals surface area contributed by atoms with Crippen molar-refractivity contribution in [3.05, 3.63) is 23.8 Å². The lowest BCUT2D eigenvalue weighted by molar-refractivity contribution is 0.282. The van der Waals surface area contributed by atoms with Gasteiger partial charge in [0.15, 0.2) is 5.96 Å². The molecule has 1 aliphatic carbocycles. The Balaban J connectivity index is 1.92. The number of likely N-dealkylation sites (N-methyl/N-ethyl adjacent to an activating group) is 1. The highest BCUT2D eigenvalue weighted by molar-refractivity contribution is 5.79. The highest BCUT2D eigenvalue weighted by Gasteiger charge is 2.27. The second-order valence-electron chi connectivity index (χ2n) is 6.16. The van der Waals surface area contributed by atoms with Crippen LogP contribution in [0.5, 0.6) is 11.5 Å². The molecule has 0 spiro atoms. The fourth-order valence-corrected chi connectivity index (χ4v) is 2.84. The molecule has 1 aromatic carbocycles. The Morgan fingerprint density at radius 1 is 1.20 bits per heavy atom. The third-order valence-corrected chi connectivity index (χ3v) is 4.41. The third-order valence-electron chi connectivity index (χ3n) is 4.41. The first kappa shape index (κ1) is 19.4. The van der Waals surface area contributed by atoms with Crippen molar-refractivity contribution in [3.63, 3.8) is 0 Å². The summed E-state index contributed by atoms with van der Waals surface area (Å²) in [6, 6.07) is 6.62. The van der Waals surface area contributed by atoms with Gasteiger partial charge in [-0.1, -0.05) is 6.92 Å². The Kier molecular flexibility index (Phi) is 7.85. The summed E-state index contributed by atoms with van der Waals surface area (Å²) < 4.78 is 10.7. The monoisotopic (exact) mass is 348 g/mol. The molecule has 1 aromatic rings. The molecule has 2 rings (SSSR count). The second kappa shape index (κ2) is 10.1. The second-order valence-corrected chi connectivity index (χ2v) is 6.16. The molecule has 1 saturated carbocycles. The molecule has 0 aliphatic heterocycles. The summed E-state index contributed by atoms with van der Waals surface area (Å²) in [5.74, 6) is 2.42. The van der Waals surface area contributed by atoms with Gasteiger partial charge in [-0.2, -0.15) is 0 Å². The van der Waals surface area contributed by atoms with Crippen molar-refractivity contribution < 1.29 is 9.47 Å². The first-order valence-corrected chi connectivity index (χ1v) is 9.18. The molecule has 0 aromatic heterocycles. The van der Waals surface area contributed by atoms with Gasteiger partial charge in [-0.25, -0.2) is 4.99 Å². The minimum absolute atomic E-state index is 0.558. The van der Waals surface area contributed by atoms with Crippen LogP contribution in [0, 0.1) is 0 Å². The molecule has 6 nitrogen and oxygen atoms in total. The highest BCUT2D eigenvalue weighted by atomic mass is 16.5. The first-order valence-electron chi connectivity index (χ1n) is 9.18. The SMILES string of the molecule is CCNC(=NCc1ccc(OC)cc1OC)NCCN(CC)C1CC1. The van der Waals surface area contributed by atoms with Gasteiger partial charge >= 0.3 is 0 Å². The molecule has 0 radical (unpaired) electrons. The molecule has 140 valence electrons. The summed E-state index contributed by atoms with van der Waals surface area (Å²) >= 11 is 0. The third kappa shape index (κ3) is 6.12. The molecule has 6 heteroatoms. The molecule has 0 bridgehead atoms. The predicted octanol–water partition coefficient (Wildman–Crippen LogP) is 2.24. The first-order chi connectivity index (χ1) is 12.2. The molecule has 1 aliphatic rings. The van der Waals surface area contributed by atoms with Crippen molar-refractivity contribution in [2.45, 2.75) is 39.3 Å². The van der Waals surface area contributed by atoms with Crippen molar-refractivity contribution in [1.29, 1.82) is 0 Å². The Bertz CT molecular complexity index is 558. The van der Waals surface area contributed by atoms with Crippen LogP contribution in [0.25, 0.3) is 0 Å². The van der Waals surface area contributed by atoms with Gasteiger partial charge in [0.05, 0.1) is 20.8 Å². The summed E-state index contributed by atoms with van der Waals surface area (Å²) in [4.78, 5) is 7.22. The van der Waals surface area contributed by atoms with Crippen LogP contribution in [0.1, 0.15) is 32.3 Å².